The lowest BCUT2D eigenvalue weighted by atomic mass is 10.1. The van der Waals surface area contributed by atoms with E-state index in [1.807, 2.05) is 12.1 Å². The van der Waals surface area contributed by atoms with Gasteiger partial charge in [0, 0.05) is 18.5 Å². The number of hydrogen-bond donors (Lipinski definition) is 3. The second kappa shape index (κ2) is 6.50. The standard InChI is InChI=1S/C12H16N6O/c13-12-16-10(18-14)8-11(17-12)19-7-1-2-9-3-5-15-6-4-9/h3-6,8H,1-2,7,14H2,(H3,13,16,17,18). The van der Waals surface area contributed by atoms with Crippen molar-refractivity contribution in [3.8, 4) is 5.88 Å². The molecule has 0 bridgehead atoms. The average molecular weight is 260 g/mol. The summed E-state index contributed by atoms with van der Waals surface area (Å²) in [5.41, 5.74) is 9.16. The van der Waals surface area contributed by atoms with Gasteiger partial charge in [-0.25, -0.2) is 5.84 Å². The average Bonchev–Trinajstić information content (AvgIpc) is 2.44. The van der Waals surface area contributed by atoms with Crippen molar-refractivity contribution in [2.75, 3.05) is 17.8 Å². The maximum Gasteiger partial charge on any atom is 0.225 e. The summed E-state index contributed by atoms with van der Waals surface area (Å²) in [5, 5.41) is 0. The summed E-state index contributed by atoms with van der Waals surface area (Å²) >= 11 is 0. The molecule has 0 fully saturated rings. The van der Waals surface area contributed by atoms with Crippen molar-refractivity contribution in [1.29, 1.82) is 0 Å². The van der Waals surface area contributed by atoms with Gasteiger partial charge in [0.15, 0.2) is 0 Å². The molecule has 0 aliphatic carbocycles. The van der Waals surface area contributed by atoms with Crippen LogP contribution in [-0.2, 0) is 6.42 Å². The van der Waals surface area contributed by atoms with E-state index in [4.69, 9.17) is 16.3 Å². The van der Waals surface area contributed by atoms with Crippen molar-refractivity contribution in [1.82, 2.24) is 15.0 Å². The molecule has 0 radical (unpaired) electrons. The van der Waals surface area contributed by atoms with Gasteiger partial charge in [-0.3, -0.25) is 4.98 Å². The van der Waals surface area contributed by atoms with Crippen LogP contribution < -0.4 is 21.7 Å². The first kappa shape index (κ1) is 13.0. The third-order valence-corrected chi connectivity index (χ3v) is 2.48. The van der Waals surface area contributed by atoms with Gasteiger partial charge in [-0.05, 0) is 30.5 Å². The maximum absolute atomic E-state index is 5.53. The molecule has 0 aliphatic heterocycles. The Morgan fingerprint density at radius 2 is 2.00 bits per heavy atom. The van der Waals surface area contributed by atoms with Gasteiger partial charge in [0.1, 0.15) is 5.82 Å². The number of pyridine rings is 1. The van der Waals surface area contributed by atoms with Crippen LogP contribution in [0.15, 0.2) is 30.6 Å². The van der Waals surface area contributed by atoms with Crippen LogP contribution in [0.25, 0.3) is 0 Å². The highest BCUT2D eigenvalue weighted by molar-refractivity contribution is 5.41. The van der Waals surface area contributed by atoms with Crippen molar-refractivity contribution in [2.45, 2.75) is 12.8 Å². The molecular weight excluding hydrogens is 244 g/mol. The minimum atomic E-state index is 0.125. The fraction of sp³-hybridized carbons (Fsp3) is 0.250. The predicted molar refractivity (Wildman–Crippen MR) is 72.3 cm³/mol. The molecule has 7 nitrogen and oxygen atoms in total. The van der Waals surface area contributed by atoms with Crippen LogP contribution >= 0.6 is 0 Å². The quantitative estimate of drug-likeness (QED) is 0.399. The third kappa shape index (κ3) is 4.07. The molecule has 0 amide bonds. The Morgan fingerprint density at radius 1 is 1.21 bits per heavy atom. The number of nitrogen functional groups attached to an aromatic ring is 2. The minimum absolute atomic E-state index is 0.125. The summed E-state index contributed by atoms with van der Waals surface area (Å²) in [6.07, 6.45) is 5.35. The molecule has 0 unspecified atom stereocenters. The highest BCUT2D eigenvalue weighted by Gasteiger charge is 2.02. The van der Waals surface area contributed by atoms with Gasteiger partial charge >= 0.3 is 0 Å². The van der Waals surface area contributed by atoms with Crippen LogP contribution in [0.2, 0.25) is 0 Å². The van der Waals surface area contributed by atoms with E-state index in [0.717, 1.165) is 12.8 Å². The second-order valence-corrected chi connectivity index (χ2v) is 3.90. The predicted octanol–water partition coefficient (Wildman–Crippen LogP) is 0.751. The SMILES string of the molecule is NNc1cc(OCCCc2ccncc2)nc(N)n1. The van der Waals surface area contributed by atoms with Crippen molar-refractivity contribution >= 4 is 11.8 Å². The number of anilines is 2. The molecular formula is C12H16N6O. The zero-order chi connectivity index (χ0) is 13.5. The summed E-state index contributed by atoms with van der Waals surface area (Å²) in [5.74, 6) is 6.23. The number of nitrogens with one attached hydrogen (secondary N) is 1. The molecule has 0 spiro atoms. The zero-order valence-electron chi connectivity index (χ0n) is 10.4. The number of hydrogen-bond acceptors (Lipinski definition) is 7. The van der Waals surface area contributed by atoms with Crippen LogP contribution in [0.4, 0.5) is 11.8 Å². The first-order chi connectivity index (χ1) is 9.28. The van der Waals surface area contributed by atoms with Gasteiger partial charge in [-0.15, -0.1) is 0 Å². The van der Waals surface area contributed by atoms with Crippen molar-refractivity contribution in [2.24, 2.45) is 5.84 Å². The van der Waals surface area contributed by atoms with Crippen LogP contribution in [0.5, 0.6) is 5.88 Å². The number of ether oxygens (including phenoxy) is 1. The smallest absolute Gasteiger partial charge is 0.225 e. The normalized spacial score (nSPS) is 10.2. The fourth-order valence-electron chi connectivity index (χ4n) is 1.59. The lowest BCUT2D eigenvalue weighted by Gasteiger charge is -2.07. The van der Waals surface area contributed by atoms with Gasteiger partial charge in [0.2, 0.25) is 11.8 Å². The molecule has 7 heteroatoms. The molecule has 5 N–H and O–H groups in total. The number of aryl methyl sites for hydroxylation is 1. The largest absolute Gasteiger partial charge is 0.477 e. The highest BCUT2D eigenvalue weighted by Crippen LogP contribution is 2.14. The topological polar surface area (TPSA) is 112 Å². The van der Waals surface area contributed by atoms with E-state index < -0.39 is 0 Å². The van der Waals surface area contributed by atoms with Gasteiger partial charge in [-0.2, -0.15) is 9.97 Å². The monoisotopic (exact) mass is 260 g/mol. The third-order valence-electron chi connectivity index (χ3n) is 2.48. The van der Waals surface area contributed by atoms with Gasteiger partial charge in [-0.1, -0.05) is 0 Å². The van der Waals surface area contributed by atoms with Gasteiger partial charge < -0.3 is 15.9 Å². The molecule has 0 aromatic carbocycles. The Labute approximate surface area is 111 Å². The molecule has 19 heavy (non-hydrogen) atoms. The number of rotatable bonds is 6. The van der Waals surface area contributed by atoms with Crippen molar-refractivity contribution < 1.29 is 4.74 Å². The zero-order valence-corrected chi connectivity index (χ0v) is 10.4. The fourth-order valence-corrected chi connectivity index (χ4v) is 1.59. The van der Waals surface area contributed by atoms with Crippen LogP contribution in [0, 0.1) is 0 Å². The summed E-state index contributed by atoms with van der Waals surface area (Å²) in [6.45, 7) is 0.544. The molecule has 2 rings (SSSR count). The first-order valence-corrected chi connectivity index (χ1v) is 5.91. The van der Waals surface area contributed by atoms with E-state index >= 15 is 0 Å². The number of hydrazine groups is 1. The number of nitrogens with zero attached hydrogens (tertiary/aromatic N) is 3. The minimum Gasteiger partial charge on any atom is -0.477 e. The molecule has 0 aliphatic rings. The maximum atomic E-state index is 5.53. The van der Waals surface area contributed by atoms with E-state index in [-0.39, 0.29) is 5.95 Å². The second-order valence-electron chi connectivity index (χ2n) is 3.90. The Hall–Kier alpha value is -2.41. The van der Waals surface area contributed by atoms with Gasteiger partial charge in [0.25, 0.3) is 0 Å². The molecule has 0 saturated carbocycles. The van der Waals surface area contributed by atoms with Crippen LogP contribution in [0.3, 0.4) is 0 Å². The summed E-state index contributed by atoms with van der Waals surface area (Å²) < 4.78 is 5.51. The van der Waals surface area contributed by atoms with E-state index in [2.05, 4.69) is 20.4 Å². The Bertz CT molecular complexity index is 519. The van der Waals surface area contributed by atoms with E-state index in [0.29, 0.717) is 18.3 Å². The molecule has 100 valence electrons. The summed E-state index contributed by atoms with van der Waals surface area (Å²) in [7, 11) is 0. The van der Waals surface area contributed by atoms with E-state index in [9.17, 15) is 0 Å². The van der Waals surface area contributed by atoms with Crippen LogP contribution in [-0.4, -0.2) is 21.6 Å². The lowest BCUT2D eigenvalue weighted by Crippen LogP contribution is -2.11. The Balaban J connectivity index is 1.81. The number of aromatic nitrogens is 3. The molecule has 2 aromatic rings. The van der Waals surface area contributed by atoms with Crippen LogP contribution in [0.1, 0.15) is 12.0 Å². The van der Waals surface area contributed by atoms with E-state index in [1.54, 1.807) is 18.5 Å². The Morgan fingerprint density at radius 3 is 2.74 bits per heavy atom. The summed E-state index contributed by atoms with van der Waals surface area (Å²) in [6, 6.07) is 5.57. The van der Waals surface area contributed by atoms with Crippen molar-refractivity contribution in [3.05, 3.63) is 36.2 Å². The van der Waals surface area contributed by atoms with Crippen molar-refractivity contribution in [3.63, 3.8) is 0 Å². The molecule has 0 atom stereocenters. The lowest BCUT2D eigenvalue weighted by molar-refractivity contribution is 0.299. The Kier molecular flexibility index (Phi) is 4.46. The molecule has 0 saturated heterocycles. The van der Waals surface area contributed by atoms with Gasteiger partial charge in [0.05, 0.1) is 6.61 Å². The summed E-state index contributed by atoms with van der Waals surface area (Å²) in [4.78, 5) is 11.8. The molecule has 2 heterocycles. The first-order valence-electron chi connectivity index (χ1n) is 5.91. The number of nitrogens with two attached hydrogens (primary N) is 2. The van der Waals surface area contributed by atoms with E-state index in [1.165, 1.54) is 5.56 Å². The highest BCUT2D eigenvalue weighted by atomic mass is 16.5. The molecule has 2 aromatic heterocycles.